The number of ether oxygens (including phenoxy) is 1. The number of piperidine rings is 1. The topological polar surface area (TPSA) is 106 Å². The number of nitrogens with one attached hydrogen (secondary N) is 1. The van der Waals surface area contributed by atoms with Gasteiger partial charge in [-0.15, -0.1) is 0 Å². The lowest BCUT2D eigenvalue weighted by atomic mass is 10.0. The molecule has 3 N–H and O–H groups in total. The van der Waals surface area contributed by atoms with Crippen molar-refractivity contribution >= 4 is 11.6 Å². The molecule has 28 heavy (non-hydrogen) atoms. The van der Waals surface area contributed by atoms with Gasteiger partial charge in [-0.25, -0.2) is 0 Å². The molecule has 0 aliphatic carbocycles. The van der Waals surface area contributed by atoms with E-state index in [1.54, 1.807) is 27.0 Å². The predicted octanol–water partition coefficient (Wildman–Crippen LogP) is 1.62. The first kappa shape index (κ1) is 20.0. The summed E-state index contributed by atoms with van der Waals surface area (Å²) in [6.45, 7) is 8.06. The summed E-state index contributed by atoms with van der Waals surface area (Å²) in [5.41, 5.74) is 8.91. The van der Waals surface area contributed by atoms with E-state index >= 15 is 0 Å². The van der Waals surface area contributed by atoms with Crippen LogP contribution in [0.2, 0.25) is 0 Å². The summed E-state index contributed by atoms with van der Waals surface area (Å²) in [6, 6.07) is 4.37. The molecule has 2 aromatic rings. The number of nitrogen functional groups attached to an aromatic ring is 1. The van der Waals surface area contributed by atoms with Crippen LogP contribution in [0.1, 0.15) is 36.7 Å². The van der Waals surface area contributed by atoms with E-state index in [1.165, 1.54) is 5.56 Å². The molecule has 150 valence electrons. The fourth-order valence-electron chi connectivity index (χ4n) is 3.26. The molecule has 3 heterocycles. The van der Waals surface area contributed by atoms with Crippen molar-refractivity contribution in [2.45, 2.75) is 52.3 Å². The first-order valence-corrected chi connectivity index (χ1v) is 9.61. The third kappa shape index (κ3) is 5.16. The van der Waals surface area contributed by atoms with Gasteiger partial charge in [0.2, 0.25) is 0 Å². The number of carbonyl (C=O) groups is 1. The summed E-state index contributed by atoms with van der Waals surface area (Å²) in [5.74, 6) is -0.151. The van der Waals surface area contributed by atoms with Crippen molar-refractivity contribution < 1.29 is 9.53 Å². The van der Waals surface area contributed by atoms with E-state index in [4.69, 9.17) is 10.5 Å². The van der Waals surface area contributed by atoms with E-state index < -0.39 is 6.10 Å². The molecule has 0 aromatic carbocycles. The highest BCUT2D eigenvalue weighted by molar-refractivity contribution is 5.80. The van der Waals surface area contributed by atoms with Crippen LogP contribution in [0, 0.1) is 13.8 Å². The molecule has 1 amide bonds. The highest BCUT2D eigenvalue weighted by atomic mass is 16.5. The van der Waals surface area contributed by atoms with Gasteiger partial charge in [-0.2, -0.15) is 9.97 Å². The Morgan fingerprint density at radius 2 is 2.00 bits per heavy atom. The van der Waals surface area contributed by atoms with Gasteiger partial charge in [0, 0.05) is 38.1 Å². The Balaban J connectivity index is 1.46. The first-order valence-electron chi connectivity index (χ1n) is 9.61. The van der Waals surface area contributed by atoms with Crippen molar-refractivity contribution in [2.24, 2.45) is 0 Å². The third-order valence-corrected chi connectivity index (χ3v) is 5.02. The van der Waals surface area contributed by atoms with Gasteiger partial charge < -0.3 is 15.8 Å². The van der Waals surface area contributed by atoms with Gasteiger partial charge in [0.15, 0.2) is 6.10 Å². The number of nitrogens with zero attached hydrogens (tertiary/aromatic N) is 4. The van der Waals surface area contributed by atoms with Gasteiger partial charge in [0.25, 0.3) is 5.91 Å². The fourth-order valence-corrected chi connectivity index (χ4v) is 3.26. The Bertz CT molecular complexity index is 783. The van der Waals surface area contributed by atoms with Crippen LogP contribution in [0.3, 0.4) is 0 Å². The monoisotopic (exact) mass is 384 g/mol. The number of anilines is 1. The number of hydrogen-bond acceptors (Lipinski definition) is 7. The number of likely N-dealkylation sites (tertiary alicyclic amines) is 1. The third-order valence-electron chi connectivity index (χ3n) is 5.02. The minimum Gasteiger partial charge on any atom is -0.450 e. The number of amides is 1. The average molecular weight is 384 g/mol. The van der Waals surface area contributed by atoms with Crippen LogP contribution < -0.4 is 15.8 Å². The maximum absolute atomic E-state index is 12.5. The zero-order valence-corrected chi connectivity index (χ0v) is 16.7. The molecule has 8 nitrogen and oxygen atoms in total. The van der Waals surface area contributed by atoms with E-state index in [0.29, 0.717) is 17.1 Å². The van der Waals surface area contributed by atoms with E-state index in [0.717, 1.165) is 32.5 Å². The molecule has 8 heteroatoms. The molecule has 1 aliphatic rings. The van der Waals surface area contributed by atoms with Crippen molar-refractivity contribution in [2.75, 3.05) is 18.8 Å². The quantitative estimate of drug-likeness (QED) is 0.779. The minimum atomic E-state index is -0.671. The van der Waals surface area contributed by atoms with Gasteiger partial charge >= 0.3 is 6.01 Å². The summed E-state index contributed by atoms with van der Waals surface area (Å²) in [6.07, 6.45) is 4.84. The van der Waals surface area contributed by atoms with Gasteiger partial charge in [0.05, 0.1) is 17.1 Å². The number of rotatable bonds is 6. The number of aromatic nitrogens is 3. The SMILES string of the molecule is Cc1nc(OC(C)C(=O)NC2CCN(Cc3cccnc3)CC2)nc(C)c1N. The molecule has 0 bridgehead atoms. The molecule has 0 radical (unpaired) electrons. The van der Waals surface area contributed by atoms with Crippen LogP contribution in [-0.4, -0.2) is 51.0 Å². The molecule has 1 atom stereocenters. The van der Waals surface area contributed by atoms with Gasteiger partial charge in [0.1, 0.15) is 0 Å². The molecular formula is C20H28N6O2. The fraction of sp³-hybridized carbons (Fsp3) is 0.500. The van der Waals surface area contributed by atoms with Gasteiger partial charge in [-0.05, 0) is 45.2 Å². The highest BCUT2D eigenvalue weighted by Crippen LogP contribution is 2.17. The normalized spacial score (nSPS) is 16.5. The molecule has 2 aromatic heterocycles. The first-order chi connectivity index (χ1) is 13.4. The van der Waals surface area contributed by atoms with Crippen molar-refractivity contribution in [3.8, 4) is 6.01 Å². The Morgan fingerprint density at radius 3 is 2.61 bits per heavy atom. The largest absolute Gasteiger partial charge is 0.450 e. The number of carbonyl (C=O) groups excluding carboxylic acids is 1. The molecular weight excluding hydrogens is 356 g/mol. The van der Waals surface area contributed by atoms with Crippen LogP contribution >= 0.6 is 0 Å². The number of hydrogen-bond donors (Lipinski definition) is 2. The van der Waals surface area contributed by atoms with E-state index in [-0.39, 0.29) is 18.0 Å². The molecule has 1 aliphatic heterocycles. The Hall–Kier alpha value is -2.74. The van der Waals surface area contributed by atoms with Crippen molar-refractivity contribution in [1.29, 1.82) is 0 Å². The van der Waals surface area contributed by atoms with Crippen molar-refractivity contribution in [3.63, 3.8) is 0 Å². The zero-order valence-electron chi connectivity index (χ0n) is 16.7. The van der Waals surface area contributed by atoms with Gasteiger partial charge in [-0.3, -0.25) is 14.7 Å². The second kappa shape index (κ2) is 8.97. The van der Waals surface area contributed by atoms with Crippen LogP contribution in [0.4, 0.5) is 5.69 Å². The maximum atomic E-state index is 12.5. The summed E-state index contributed by atoms with van der Waals surface area (Å²) in [4.78, 5) is 27.4. The van der Waals surface area contributed by atoms with Crippen LogP contribution in [0.25, 0.3) is 0 Å². The smallest absolute Gasteiger partial charge is 0.317 e. The molecule has 1 unspecified atom stereocenters. The van der Waals surface area contributed by atoms with E-state index in [9.17, 15) is 4.79 Å². The van der Waals surface area contributed by atoms with Crippen molar-refractivity contribution in [1.82, 2.24) is 25.2 Å². The number of nitrogens with two attached hydrogens (primary N) is 1. The Labute approximate surface area is 165 Å². The lowest BCUT2D eigenvalue weighted by molar-refractivity contribution is -0.128. The Kier molecular flexibility index (Phi) is 6.41. The minimum absolute atomic E-state index is 0.151. The summed E-state index contributed by atoms with van der Waals surface area (Å²) >= 11 is 0. The molecule has 1 saturated heterocycles. The predicted molar refractivity (Wildman–Crippen MR) is 107 cm³/mol. The van der Waals surface area contributed by atoms with Crippen LogP contribution in [0.5, 0.6) is 6.01 Å². The van der Waals surface area contributed by atoms with Crippen LogP contribution in [-0.2, 0) is 11.3 Å². The summed E-state index contributed by atoms with van der Waals surface area (Å²) < 4.78 is 5.63. The lowest BCUT2D eigenvalue weighted by Crippen LogP contribution is -2.48. The number of pyridine rings is 1. The standard InChI is InChI=1S/C20H28N6O2/c1-13-18(21)14(2)24-20(23-13)28-15(3)19(27)25-17-6-9-26(10-7-17)12-16-5-4-8-22-11-16/h4-5,8,11,15,17H,6-7,9-10,12,21H2,1-3H3,(H,25,27). The molecule has 0 saturated carbocycles. The molecule has 3 rings (SSSR count). The zero-order chi connectivity index (χ0) is 20.1. The number of aryl methyl sites for hydroxylation is 2. The highest BCUT2D eigenvalue weighted by Gasteiger charge is 2.24. The summed E-state index contributed by atoms with van der Waals surface area (Å²) in [5, 5.41) is 3.08. The van der Waals surface area contributed by atoms with E-state index in [1.807, 2.05) is 12.3 Å². The van der Waals surface area contributed by atoms with Gasteiger partial charge in [-0.1, -0.05) is 6.07 Å². The second-order valence-corrected chi connectivity index (χ2v) is 7.27. The van der Waals surface area contributed by atoms with Crippen molar-refractivity contribution in [3.05, 3.63) is 41.5 Å². The molecule has 0 spiro atoms. The maximum Gasteiger partial charge on any atom is 0.317 e. The lowest BCUT2D eigenvalue weighted by Gasteiger charge is -2.32. The summed E-state index contributed by atoms with van der Waals surface area (Å²) in [7, 11) is 0. The van der Waals surface area contributed by atoms with Crippen LogP contribution in [0.15, 0.2) is 24.5 Å². The molecule has 1 fully saturated rings. The average Bonchev–Trinajstić information content (AvgIpc) is 2.68. The second-order valence-electron chi connectivity index (χ2n) is 7.27. The van der Waals surface area contributed by atoms with E-state index in [2.05, 4.69) is 31.2 Å². The Morgan fingerprint density at radius 1 is 1.32 bits per heavy atom.